The Balaban J connectivity index is 1.58. The van der Waals surface area contributed by atoms with Gasteiger partial charge in [0.1, 0.15) is 0 Å². The first-order valence-electron chi connectivity index (χ1n) is 10.8. The number of hydrogen-bond donors (Lipinski definition) is 2. The van der Waals surface area contributed by atoms with Gasteiger partial charge >= 0.3 is 0 Å². The molecular weight excluding hydrogens is 396 g/mol. The molecule has 0 atom stereocenters. The number of rotatable bonds is 7. The van der Waals surface area contributed by atoms with Crippen molar-refractivity contribution >= 4 is 17.5 Å². The van der Waals surface area contributed by atoms with Gasteiger partial charge in [-0.1, -0.05) is 85.3 Å². The highest BCUT2D eigenvalue weighted by Gasteiger charge is 2.12. The molecule has 0 aliphatic heterocycles. The van der Waals surface area contributed by atoms with Gasteiger partial charge in [0.05, 0.1) is 17.9 Å². The SMILES string of the molecule is CCc1ccccc1NCC(=O)Nc1nc(-c2ccccc2)cc(-c2ccc(C)cc2)n1. The van der Waals surface area contributed by atoms with Gasteiger partial charge in [0.25, 0.3) is 0 Å². The molecule has 0 aliphatic rings. The lowest BCUT2D eigenvalue weighted by molar-refractivity contribution is -0.114. The predicted molar refractivity (Wildman–Crippen MR) is 131 cm³/mol. The zero-order valence-corrected chi connectivity index (χ0v) is 18.3. The Morgan fingerprint density at radius 2 is 1.44 bits per heavy atom. The number of hydrogen-bond acceptors (Lipinski definition) is 4. The van der Waals surface area contributed by atoms with Crippen LogP contribution in [-0.2, 0) is 11.2 Å². The predicted octanol–water partition coefficient (Wildman–Crippen LogP) is 5.73. The number of carbonyl (C=O) groups excluding carboxylic acids is 1. The molecule has 0 saturated heterocycles. The Labute approximate surface area is 188 Å². The molecule has 4 aromatic rings. The molecule has 0 bridgehead atoms. The molecule has 160 valence electrons. The van der Waals surface area contributed by atoms with Crippen LogP contribution in [0.3, 0.4) is 0 Å². The van der Waals surface area contributed by atoms with Crippen molar-refractivity contribution in [2.45, 2.75) is 20.3 Å². The first-order chi connectivity index (χ1) is 15.6. The molecular formula is C27H26N4O. The van der Waals surface area contributed by atoms with Crippen molar-refractivity contribution < 1.29 is 4.79 Å². The Morgan fingerprint density at radius 3 is 2.12 bits per heavy atom. The second-order valence-corrected chi connectivity index (χ2v) is 7.61. The van der Waals surface area contributed by atoms with Gasteiger partial charge in [0.15, 0.2) is 0 Å². The fourth-order valence-corrected chi connectivity index (χ4v) is 3.48. The number of benzene rings is 3. The molecule has 5 heteroatoms. The molecule has 0 saturated carbocycles. The highest BCUT2D eigenvalue weighted by atomic mass is 16.2. The monoisotopic (exact) mass is 422 g/mol. The number of nitrogens with one attached hydrogen (secondary N) is 2. The molecule has 0 aliphatic carbocycles. The van der Waals surface area contributed by atoms with E-state index in [2.05, 4.69) is 40.5 Å². The van der Waals surface area contributed by atoms with E-state index in [9.17, 15) is 4.79 Å². The van der Waals surface area contributed by atoms with Crippen LogP contribution in [-0.4, -0.2) is 22.4 Å². The normalized spacial score (nSPS) is 10.6. The number of amides is 1. The van der Waals surface area contributed by atoms with Crippen molar-refractivity contribution in [3.63, 3.8) is 0 Å². The Kier molecular flexibility index (Phi) is 6.56. The van der Waals surface area contributed by atoms with Crippen LogP contribution >= 0.6 is 0 Å². The standard InChI is InChI=1S/C27H26N4O/c1-3-20-9-7-8-12-23(20)28-18-26(32)31-27-29-24(21-10-5-4-6-11-21)17-25(30-27)22-15-13-19(2)14-16-22/h4-17,28H,3,18H2,1-2H3,(H,29,30,31,32). The van der Waals surface area contributed by atoms with E-state index in [1.165, 1.54) is 11.1 Å². The van der Waals surface area contributed by atoms with Gasteiger partial charge in [-0.15, -0.1) is 0 Å². The van der Waals surface area contributed by atoms with Crippen molar-refractivity contribution in [1.29, 1.82) is 0 Å². The van der Waals surface area contributed by atoms with Gasteiger partial charge < -0.3 is 5.32 Å². The number of anilines is 2. The highest BCUT2D eigenvalue weighted by molar-refractivity contribution is 5.92. The molecule has 2 N–H and O–H groups in total. The van der Waals surface area contributed by atoms with Gasteiger partial charge in [0.2, 0.25) is 11.9 Å². The van der Waals surface area contributed by atoms with E-state index in [0.29, 0.717) is 0 Å². The van der Waals surface area contributed by atoms with E-state index < -0.39 is 0 Å². The minimum Gasteiger partial charge on any atom is -0.376 e. The van der Waals surface area contributed by atoms with Crippen molar-refractivity contribution in [3.8, 4) is 22.5 Å². The average Bonchev–Trinajstić information content (AvgIpc) is 2.83. The van der Waals surface area contributed by atoms with E-state index in [4.69, 9.17) is 0 Å². The third-order valence-corrected chi connectivity index (χ3v) is 5.23. The van der Waals surface area contributed by atoms with Gasteiger partial charge in [-0.3, -0.25) is 10.1 Å². The van der Waals surface area contributed by atoms with Crippen molar-refractivity contribution in [3.05, 3.63) is 96.1 Å². The molecule has 1 heterocycles. The summed E-state index contributed by atoms with van der Waals surface area (Å²) in [6.45, 7) is 4.28. The lowest BCUT2D eigenvalue weighted by Crippen LogP contribution is -2.23. The van der Waals surface area contributed by atoms with Crippen LogP contribution in [0.5, 0.6) is 0 Å². The molecule has 5 nitrogen and oxygen atoms in total. The Morgan fingerprint density at radius 1 is 0.812 bits per heavy atom. The van der Waals surface area contributed by atoms with Crippen LogP contribution in [0.25, 0.3) is 22.5 Å². The number of aryl methyl sites for hydroxylation is 2. The summed E-state index contributed by atoms with van der Waals surface area (Å²) < 4.78 is 0. The maximum Gasteiger partial charge on any atom is 0.246 e. The topological polar surface area (TPSA) is 66.9 Å². The Hall–Kier alpha value is -3.99. The first-order valence-corrected chi connectivity index (χ1v) is 10.8. The van der Waals surface area contributed by atoms with E-state index in [1.807, 2.05) is 78.9 Å². The van der Waals surface area contributed by atoms with E-state index in [0.717, 1.165) is 34.6 Å². The van der Waals surface area contributed by atoms with E-state index in [-0.39, 0.29) is 18.4 Å². The zero-order chi connectivity index (χ0) is 22.3. The molecule has 32 heavy (non-hydrogen) atoms. The van der Waals surface area contributed by atoms with Crippen LogP contribution in [0.15, 0.2) is 84.9 Å². The summed E-state index contributed by atoms with van der Waals surface area (Å²) in [6.07, 6.45) is 0.896. The van der Waals surface area contributed by atoms with Crippen LogP contribution in [0, 0.1) is 6.92 Å². The molecule has 0 unspecified atom stereocenters. The van der Waals surface area contributed by atoms with Crippen LogP contribution in [0.1, 0.15) is 18.1 Å². The van der Waals surface area contributed by atoms with Crippen molar-refractivity contribution in [2.24, 2.45) is 0 Å². The maximum atomic E-state index is 12.7. The molecule has 1 aromatic heterocycles. The third kappa shape index (κ3) is 5.19. The molecule has 0 radical (unpaired) electrons. The number of carbonyl (C=O) groups is 1. The van der Waals surface area contributed by atoms with Gasteiger partial charge in [0, 0.05) is 16.8 Å². The minimum atomic E-state index is -0.198. The molecule has 0 spiro atoms. The van der Waals surface area contributed by atoms with Crippen molar-refractivity contribution in [2.75, 3.05) is 17.2 Å². The summed E-state index contributed by atoms with van der Waals surface area (Å²) in [7, 11) is 0. The summed E-state index contributed by atoms with van der Waals surface area (Å²) in [5.41, 5.74) is 6.77. The summed E-state index contributed by atoms with van der Waals surface area (Å²) in [6, 6.07) is 28.0. The van der Waals surface area contributed by atoms with E-state index >= 15 is 0 Å². The zero-order valence-electron chi connectivity index (χ0n) is 18.3. The lowest BCUT2D eigenvalue weighted by Gasteiger charge is -2.12. The summed E-state index contributed by atoms with van der Waals surface area (Å²) in [4.78, 5) is 21.9. The quantitative estimate of drug-likeness (QED) is 0.399. The summed E-state index contributed by atoms with van der Waals surface area (Å²) >= 11 is 0. The lowest BCUT2D eigenvalue weighted by atomic mass is 10.1. The molecule has 0 fully saturated rings. The summed E-state index contributed by atoms with van der Waals surface area (Å²) in [5.74, 6) is 0.0912. The third-order valence-electron chi connectivity index (χ3n) is 5.23. The fraction of sp³-hybridized carbons (Fsp3) is 0.148. The van der Waals surface area contributed by atoms with Crippen LogP contribution < -0.4 is 10.6 Å². The largest absolute Gasteiger partial charge is 0.376 e. The number of nitrogens with zero attached hydrogens (tertiary/aromatic N) is 2. The van der Waals surface area contributed by atoms with Gasteiger partial charge in [-0.25, -0.2) is 9.97 Å². The first kappa shape index (κ1) is 21.2. The average molecular weight is 423 g/mol. The highest BCUT2D eigenvalue weighted by Crippen LogP contribution is 2.25. The van der Waals surface area contributed by atoms with Gasteiger partial charge in [-0.05, 0) is 31.0 Å². The summed E-state index contributed by atoms with van der Waals surface area (Å²) in [5, 5.41) is 6.07. The number of para-hydroxylation sites is 1. The molecule has 1 amide bonds. The van der Waals surface area contributed by atoms with Crippen LogP contribution in [0.2, 0.25) is 0 Å². The van der Waals surface area contributed by atoms with Gasteiger partial charge in [-0.2, -0.15) is 0 Å². The van der Waals surface area contributed by atoms with Crippen molar-refractivity contribution in [1.82, 2.24) is 9.97 Å². The second-order valence-electron chi connectivity index (χ2n) is 7.61. The Bertz CT molecular complexity index is 1200. The smallest absolute Gasteiger partial charge is 0.246 e. The maximum absolute atomic E-state index is 12.7. The minimum absolute atomic E-state index is 0.135. The second kappa shape index (κ2) is 9.88. The van der Waals surface area contributed by atoms with Crippen LogP contribution in [0.4, 0.5) is 11.6 Å². The van der Waals surface area contributed by atoms with E-state index in [1.54, 1.807) is 0 Å². The molecule has 3 aromatic carbocycles. The fourth-order valence-electron chi connectivity index (χ4n) is 3.48. The number of aromatic nitrogens is 2. The molecule has 4 rings (SSSR count).